The molecule has 0 aromatic heterocycles. The standard InChI is InChI=1S/C21H37P/c1-6-10-13-18-16-17-21(22(5)9-4)20(15-12-8-3)19(18)14-11-7-2/h16-17H,6-15H2,1-5H3. The molecule has 1 aromatic rings. The minimum atomic E-state index is 0.0327. The first-order valence-corrected chi connectivity index (χ1v) is 11.5. The van der Waals surface area contributed by atoms with E-state index in [2.05, 4.69) is 46.5 Å². The van der Waals surface area contributed by atoms with Gasteiger partial charge in [-0.25, -0.2) is 0 Å². The van der Waals surface area contributed by atoms with Gasteiger partial charge in [0.1, 0.15) is 0 Å². The molecule has 126 valence electrons. The van der Waals surface area contributed by atoms with Crippen LogP contribution in [0.2, 0.25) is 0 Å². The molecule has 0 fully saturated rings. The van der Waals surface area contributed by atoms with Gasteiger partial charge in [-0.2, -0.15) is 0 Å². The quantitative estimate of drug-likeness (QED) is 0.410. The lowest BCUT2D eigenvalue weighted by Crippen LogP contribution is -2.15. The summed E-state index contributed by atoms with van der Waals surface area (Å²) in [6, 6.07) is 4.96. The predicted molar refractivity (Wildman–Crippen MR) is 105 cm³/mol. The van der Waals surface area contributed by atoms with Crippen molar-refractivity contribution in [1.29, 1.82) is 0 Å². The fraction of sp³-hybridized carbons (Fsp3) is 0.714. The van der Waals surface area contributed by atoms with Crippen LogP contribution in [-0.2, 0) is 19.3 Å². The molecule has 0 aliphatic rings. The van der Waals surface area contributed by atoms with E-state index in [1.54, 1.807) is 22.0 Å². The molecule has 1 atom stereocenters. The maximum Gasteiger partial charge on any atom is -0.0208 e. The molecule has 0 saturated heterocycles. The van der Waals surface area contributed by atoms with Crippen molar-refractivity contribution in [2.75, 3.05) is 12.8 Å². The third kappa shape index (κ3) is 5.69. The van der Waals surface area contributed by atoms with E-state index in [0.29, 0.717) is 0 Å². The highest BCUT2D eigenvalue weighted by Crippen LogP contribution is 2.33. The molecule has 0 nitrogen and oxygen atoms in total. The Bertz CT molecular complexity index is 422. The lowest BCUT2D eigenvalue weighted by Gasteiger charge is -2.22. The summed E-state index contributed by atoms with van der Waals surface area (Å²) in [5, 5.41) is 1.71. The maximum atomic E-state index is 2.49. The highest BCUT2D eigenvalue weighted by Gasteiger charge is 2.15. The van der Waals surface area contributed by atoms with Gasteiger partial charge in [0.25, 0.3) is 0 Å². The van der Waals surface area contributed by atoms with Gasteiger partial charge in [0.05, 0.1) is 0 Å². The molecular weight excluding hydrogens is 283 g/mol. The number of hydrogen-bond donors (Lipinski definition) is 0. The Morgan fingerprint density at radius 2 is 1.27 bits per heavy atom. The lowest BCUT2D eigenvalue weighted by molar-refractivity contribution is 0.737. The largest absolute Gasteiger partial charge is 0.0785 e. The first kappa shape index (κ1) is 19.7. The van der Waals surface area contributed by atoms with Crippen LogP contribution in [0, 0.1) is 0 Å². The van der Waals surface area contributed by atoms with Crippen molar-refractivity contribution in [1.82, 2.24) is 0 Å². The Kier molecular flexibility index (Phi) is 10.1. The molecular formula is C21H37P. The van der Waals surface area contributed by atoms with Crippen molar-refractivity contribution in [2.24, 2.45) is 0 Å². The van der Waals surface area contributed by atoms with Gasteiger partial charge in [-0.05, 0) is 73.3 Å². The third-order valence-electron chi connectivity index (χ3n) is 4.75. The summed E-state index contributed by atoms with van der Waals surface area (Å²) in [5.41, 5.74) is 5.15. The normalized spacial score (nSPS) is 12.6. The van der Waals surface area contributed by atoms with E-state index in [1.165, 1.54) is 63.9 Å². The minimum absolute atomic E-state index is 0.0327. The average molecular weight is 321 g/mol. The molecule has 1 unspecified atom stereocenters. The van der Waals surface area contributed by atoms with Crippen LogP contribution in [0.15, 0.2) is 12.1 Å². The smallest absolute Gasteiger partial charge is 0.0208 e. The Labute approximate surface area is 140 Å². The van der Waals surface area contributed by atoms with Crippen LogP contribution in [0.4, 0.5) is 0 Å². The summed E-state index contributed by atoms with van der Waals surface area (Å²) in [7, 11) is 0.0327. The van der Waals surface area contributed by atoms with E-state index in [4.69, 9.17) is 0 Å². The van der Waals surface area contributed by atoms with Crippen LogP contribution in [-0.4, -0.2) is 12.8 Å². The van der Waals surface area contributed by atoms with E-state index in [0.717, 1.165) is 0 Å². The van der Waals surface area contributed by atoms with E-state index < -0.39 is 0 Å². The number of rotatable bonds is 11. The van der Waals surface area contributed by atoms with Gasteiger partial charge in [-0.3, -0.25) is 0 Å². The summed E-state index contributed by atoms with van der Waals surface area (Å²) in [6.07, 6.45) is 13.1. The zero-order valence-electron chi connectivity index (χ0n) is 15.7. The van der Waals surface area contributed by atoms with Gasteiger partial charge in [0, 0.05) is 0 Å². The van der Waals surface area contributed by atoms with Crippen molar-refractivity contribution in [2.45, 2.75) is 85.5 Å². The van der Waals surface area contributed by atoms with Crippen molar-refractivity contribution in [3.05, 3.63) is 28.8 Å². The van der Waals surface area contributed by atoms with Crippen LogP contribution >= 0.6 is 7.92 Å². The SMILES string of the molecule is CCCCc1ccc(P(C)CC)c(CCCC)c1CCCC. The first-order valence-electron chi connectivity index (χ1n) is 9.54. The van der Waals surface area contributed by atoms with Gasteiger partial charge in [-0.1, -0.05) is 67.0 Å². The topological polar surface area (TPSA) is 0 Å². The second-order valence-electron chi connectivity index (χ2n) is 6.53. The molecule has 22 heavy (non-hydrogen) atoms. The van der Waals surface area contributed by atoms with Crippen LogP contribution in [0.1, 0.15) is 82.9 Å². The maximum absolute atomic E-state index is 2.49. The van der Waals surface area contributed by atoms with Crippen LogP contribution < -0.4 is 5.30 Å². The van der Waals surface area contributed by atoms with Gasteiger partial charge < -0.3 is 0 Å². The van der Waals surface area contributed by atoms with Gasteiger partial charge in [-0.15, -0.1) is 0 Å². The second-order valence-corrected chi connectivity index (χ2v) is 9.04. The molecule has 0 saturated carbocycles. The average Bonchev–Trinajstić information content (AvgIpc) is 2.55. The van der Waals surface area contributed by atoms with E-state index >= 15 is 0 Å². The molecule has 0 N–H and O–H groups in total. The third-order valence-corrected chi connectivity index (χ3v) is 6.94. The van der Waals surface area contributed by atoms with Gasteiger partial charge >= 0.3 is 0 Å². The molecule has 0 aliphatic heterocycles. The van der Waals surface area contributed by atoms with E-state index in [-0.39, 0.29) is 7.92 Å². The number of benzene rings is 1. The van der Waals surface area contributed by atoms with Gasteiger partial charge in [0.15, 0.2) is 0 Å². The lowest BCUT2D eigenvalue weighted by atomic mass is 9.91. The Morgan fingerprint density at radius 3 is 1.82 bits per heavy atom. The van der Waals surface area contributed by atoms with Crippen molar-refractivity contribution in [3.63, 3.8) is 0 Å². The molecule has 0 radical (unpaired) electrons. The predicted octanol–water partition coefficient (Wildman–Crippen LogP) is 6.47. The van der Waals surface area contributed by atoms with Crippen molar-refractivity contribution >= 4 is 13.2 Å². The minimum Gasteiger partial charge on any atom is -0.0785 e. The zero-order chi connectivity index (χ0) is 16.4. The van der Waals surface area contributed by atoms with Gasteiger partial charge in [0.2, 0.25) is 0 Å². The summed E-state index contributed by atoms with van der Waals surface area (Å²) < 4.78 is 0. The first-order chi connectivity index (χ1) is 10.7. The van der Waals surface area contributed by atoms with E-state index in [9.17, 15) is 0 Å². The van der Waals surface area contributed by atoms with Crippen LogP contribution in [0.25, 0.3) is 0 Å². The summed E-state index contributed by atoms with van der Waals surface area (Å²) in [4.78, 5) is 0. The molecule has 0 aliphatic carbocycles. The highest BCUT2D eigenvalue weighted by molar-refractivity contribution is 7.64. The molecule has 0 spiro atoms. The molecule has 1 aromatic carbocycles. The summed E-state index contributed by atoms with van der Waals surface area (Å²) >= 11 is 0. The zero-order valence-corrected chi connectivity index (χ0v) is 16.6. The van der Waals surface area contributed by atoms with Crippen molar-refractivity contribution in [3.8, 4) is 0 Å². The fourth-order valence-electron chi connectivity index (χ4n) is 3.16. The molecule has 0 bridgehead atoms. The molecule has 1 rings (SSSR count). The highest BCUT2D eigenvalue weighted by atomic mass is 31.1. The second kappa shape index (κ2) is 11.2. The Balaban J connectivity index is 3.23. The van der Waals surface area contributed by atoms with Crippen LogP contribution in [0.3, 0.4) is 0 Å². The fourth-order valence-corrected chi connectivity index (χ4v) is 4.53. The molecule has 1 heteroatoms. The number of unbranched alkanes of at least 4 members (excludes halogenated alkanes) is 3. The van der Waals surface area contributed by atoms with Crippen molar-refractivity contribution < 1.29 is 0 Å². The summed E-state index contributed by atoms with van der Waals surface area (Å²) in [5.74, 6) is 0. The molecule has 0 amide bonds. The Morgan fingerprint density at radius 1 is 0.727 bits per heavy atom. The monoisotopic (exact) mass is 320 g/mol. The summed E-state index contributed by atoms with van der Waals surface area (Å²) in [6.45, 7) is 11.8. The van der Waals surface area contributed by atoms with E-state index in [1.807, 2.05) is 0 Å². The number of aryl methyl sites for hydroxylation is 1. The Hall–Kier alpha value is -0.350. The van der Waals surface area contributed by atoms with Crippen LogP contribution in [0.5, 0.6) is 0 Å². The number of hydrogen-bond acceptors (Lipinski definition) is 0. The molecule has 0 heterocycles.